The zero-order chi connectivity index (χ0) is 15.5. The minimum absolute atomic E-state index is 0.0140. The first-order valence-corrected chi connectivity index (χ1v) is 7.48. The number of aromatic amines is 1. The number of fused-ring (bicyclic) bond motifs is 1. The minimum Gasteiger partial charge on any atom is -0.342 e. The smallest absolute Gasteiger partial charge is 0.228 e. The van der Waals surface area contributed by atoms with E-state index in [0.717, 1.165) is 34.5 Å². The Morgan fingerprint density at radius 2 is 1.86 bits per heavy atom. The molecule has 0 aliphatic rings. The second-order valence-electron chi connectivity index (χ2n) is 5.45. The van der Waals surface area contributed by atoms with Gasteiger partial charge in [0.15, 0.2) is 0 Å². The van der Waals surface area contributed by atoms with Crippen LogP contribution in [0.3, 0.4) is 0 Å². The Kier molecular flexibility index (Phi) is 3.92. The highest BCUT2D eigenvalue weighted by molar-refractivity contribution is 5.92. The lowest BCUT2D eigenvalue weighted by Crippen LogP contribution is -2.14. The summed E-state index contributed by atoms with van der Waals surface area (Å²) in [6, 6.07) is 13.8. The summed E-state index contributed by atoms with van der Waals surface area (Å²) in [4.78, 5) is 19.7. The molecule has 22 heavy (non-hydrogen) atoms. The number of H-pyrrole nitrogens is 1. The molecule has 3 rings (SSSR count). The van der Waals surface area contributed by atoms with E-state index >= 15 is 0 Å². The highest BCUT2D eigenvalue weighted by Gasteiger charge is 2.06. The average Bonchev–Trinajstić information content (AvgIpc) is 2.87. The third kappa shape index (κ3) is 3.17. The molecule has 2 aromatic carbocycles. The normalized spacial score (nSPS) is 10.8. The number of amides is 1. The van der Waals surface area contributed by atoms with Crippen LogP contribution in [0, 0.1) is 6.92 Å². The SMILES string of the molecule is CCc1ccc(NC(=O)Cc2ccc3nc(C)[nH]c3c2)cc1. The van der Waals surface area contributed by atoms with E-state index in [1.54, 1.807) is 0 Å². The van der Waals surface area contributed by atoms with Crippen molar-refractivity contribution in [2.75, 3.05) is 5.32 Å². The van der Waals surface area contributed by atoms with Crippen molar-refractivity contribution in [2.24, 2.45) is 0 Å². The predicted molar refractivity (Wildman–Crippen MR) is 89.0 cm³/mol. The molecule has 0 fully saturated rings. The van der Waals surface area contributed by atoms with Crippen molar-refractivity contribution in [2.45, 2.75) is 26.7 Å². The number of hydrogen-bond donors (Lipinski definition) is 2. The fourth-order valence-electron chi connectivity index (χ4n) is 2.51. The predicted octanol–water partition coefficient (Wildman–Crippen LogP) is 3.61. The molecule has 0 bridgehead atoms. The standard InChI is InChI=1S/C18H19N3O/c1-3-13-4-7-15(8-5-13)21-18(22)11-14-6-9-16-17(10-14)20-12(2)19-16/h4-10H,3,11H2,1-2H3,(H,19,20)(H,21,22). The van der Waals surface area contributed by atoms with Crippen LogP contribution in [-0.2, 0) is 17.6 Å². The molecule has 2 N–H and O–H groups in total. The van der Waals surface area contributed by atoms with E-state index < -0.39 is 0 Å². The average molecular weight is 293 g/mol. The van der Waals surface area contributed by atoms with Gasteiger partial charge in [0.25, 0.3) is 0 Å². The van der Waals surface area contributed by atoms with Gasteiger partial charge in [0.05, 0.1) is 17.5 Å². The van der Waals surface area contributed by atoms with Gasteiger partial charge in [0.2, 0.25) is 5.91 Å². The van der Waals surface area contributed by atoms with Gasteiger partial charge in [-0.25, -0.2) is 4.98 Å². The summed E-state index contributed by atoms with van der Waals surface area (Å²) >= 11 is 0. The van der Waals surface area contributed by atoms with Gasteiger partial charge in [-0.3, -0.25) is 4.79 Å². The Morgan fingerprint density at radius 1 is 1.14 bits per heavy atom. The lowest BCUT2D eigenvalue weighted by atomic mass is 10.1. The number of nitrogens with zero attached hydrogens (tertiary/aromatic N) is 1. The second-order valence-corrected chi connectivity index (χ2v) is 5.45. The molecule has 1 heterocycles. The number of carbonyl (C=O) groups is 1. The molecule has 0 radical (unpaired) electrons. The number of aromatic nitrogens is 2. The second kappa shape index (κ2) is 6.02. The topological polar surface area (TPSA) is 57.8 Å². The number of hydrogen-bond acceptors (Lipinski definition) is 2. The highest BCUT2D eigenvalue weighted by atomic mass is 16.1. The molecule has 0 aliphatic carbocycles. The van der Waals surface area contributed by atoms with Crippen LogP contribution in [0.25, 0.3) is 11.0 Å². The van der Waals surface area contributed by atoms with E-state index in [1.807, 2.05) is 49.4 Å². The molecule has 4 heteroatoms. The van der Waals surface area contributed by atoms with E-state index in [1.165, 1.54) is 5.56 Å². The molecule has 4 nitrogen and oxygen atoms in total. The van der Waals surface area contributed by atoms with Gasteiger partial charge in [-0.05, 0) is 48.7 Å². The largest absolute Gasteiger partial charge is 0.342 e. The first kappa shape index (κ1) is 14.3. The van der Waals surface area contributed by atoms with Crippen LogP contribution in [0.1, 0.15) is 23.9 Å². The number of rotatable bonds is 4. The number of aryl methyl sites for hydroxylation is 2. The zero-order valence-corrected chi connectivity index (χ0v) is 12.8. The first-order chi connectivity index (χ1) is 10.6. The van der Waals surface area contributed by atoms with E-state index in [4.69, 9.17) is 0 Å². The quantitative estimate of drug-likeness (QED) is 0.772. The number of anilines is 1. The van der Waals surface area contributed by atoms with Gasteiger partial charge in [-0.2, -0.15) is 0 Å². The van der Waals surface area contributed by atoms with Crippen LogP contribution in [0.15, 0.2) is 42.5 Å². The van der Waals surface area contributed by atoms with Crippen LogP contribution in [0.2, 0.25) is 0 Å². The summed E-state index contributed by atoms with van der Waals surface area (Å²) in [7, 11) is 0. The molecule has 0 spiro atoms. The van der Waals surface area contributed by atoms with E-state index in [2.05, 4.69) is 22.2 Å². The third-order valence-electron chi connectivity index (χ3n) is 3.68. The van der Waals surface area contributed by atoms with Crippen molar-refractivity contribution in [3.8, 4) is 0 Å². The molecule has 0 aliphatic heterocycles. The fraction of sp³-hybridized carbons (Fsp3) is 0.222. The van der Waals surface area contributed by atoms with E-state index in [0.29, 0.717) is 6.42 Å². The lowest BCUT2D eigenvalue weighted by molar-refractivity contribution is -0.115. The van der Waals surface area contributed by atoms with Crippen LogP contribution in [0.5, 0.6) is 0 Å². The molecule has 0 atom stereocenters. The van der Waals surface area contributed by atoms with Gasteiger partial charge < -0.3 is 10.3 Å². The summed E-state index contributed by atoms with van der Waals surface area (Å²) in [5, 5.41) is 2.93. The van der Waals surface area contributed by atoms with Crippen LogP contribution >= 0.6 is 0 Å². The van der Waals surface area contributed by atoms with Crippen LogP contribution < -0.4 is 5.32 Å². The Bertz CT molecular complexity index is 803. The van der Waals surface area contributed by atoms with Crippen molar-refractivity contribution in [1.29, 1.82) is 0 Å². The van der Waals surface area contributed by atoms with Gasteiger partial charge in [-0.15, -0.1) is 0 Å². The first-order valence-electron chi connectivity index (χ1n) is 7.48. The molecular weight excluding hydrogens is 274 g/mol. The van der Waals surface area contributed by atoms with Crippen molar-refractivity contribution in [3.63, 3.8) is 0 Å². The maximum Gasteiger partial charge on any atom is 0.228 e. The Hall–Kier alpha value is -2.62. The van der Waals surface area contributed by atoms with Crippen LogP contribution in [-0.4, -0.2) is 15.9 Å². The summed E-state index contributed by atoms with van der Waals surface area (Å²) in [6.45, 7) is 4.03. The number of benzene rings is 2. The Labute approximate surface area is 129 Å². The van der Waals surface area contributed by atoms with Crippen molar-refractivity contribution in [3.05, 3.63) is 59.4 Å². The summed E-state index contributed by atoms with van der Waals surface area (Å²) < 4.78 is 0. The molecule has 1 aromatic heterocycles. The lowest BCUT2D eigenvalue weighted by Gasteiger charge is -2.06. The highest BCUT2D eigenvalue weighted by Crippen LogP contribution is 2.15. The molecule has 0 saturated heterocycles. The van der Waals surface area contributed by atoms with Gasteiger partial charge >= 0.3 is 0 Å². The third-order valence-corrected chi connectivity index (χ3v) is 3.68. The Morgan fingerprint density at radius 3 is 2.59 bits per heavy atom. The van der Waals surface area contributed by atoms with Crippen LogP contribution in [0.4, 0.5) is 5.69 Å². The van der Waals surface area contributed by atoms with Crippen molar-refractivity contribution < 1.29 is 4.79 Å². The monoisotopic (exact) mass is 293 g/mol. The fourth-order valence-corrected chi connectivity index (χ4v) is 2.51. The molecule has 1 amide bonds. The molecule has 3 aromatic rings. The van der Waals surface area contributed by atoms with Crippen molar-refractivity contribution in [1.82, 2.24) is 9.97 Å². The summed E-state index contributed by atoms with van der Waals surface area (Å²) in [6.07, 6.45) is 1.35. The van der Waals surface area contributed by atoms with Gasteiger partial charge in [-0.1, -0.05) is 25.1 Å². The Balaban J connectivity index is 1.69. The number of imidazole rings is 1. The number of carbonyl (C=O) groups excluding carboxylic acids is 1. The zero-order valence-electron chi connectivity index (χ0n) is 12.8. The maximum atomic E-state index is 12.1. The van der Waals surface area contributed by atoms with E-state index in [-0.39, 0.29) is 5.91 Å². The minimum atomic E-state index is -0.0140. The molecule has 0 saturated carbocycles. The van der Waals surface area contributed by atoms with Gasteiger partial charge in [0.1, 0.15) is 5.82 Å². The van der Waals surface area contributed by atoms with E-state index in [9.17, 15) is 4.79 Å². The molecule has 112 valence electrons. The number of nitrogens with one attached hydrogen (secondary N) is 2. The molecule has 0 unspecified atom stereocenters. The van der Waals surface area contributed by atoms with Gasteiger partial charge in [0, 0.05) is 5.69 Å². The summed E-state index contributed by atoms with van der Waals surface area (Å²) in [5.74, 6) is 0.868. The molecular formula is C18H19N3O. The van der Waals surface area contributed by atoms with Crippen molar-refractivity contribution >= 4 is 22.6 Å². The summed E-state index contributed by atoms with van der Waals surface area (Å²) in [5.41, 5.74) is 4.96. The maximum absolute atomic E-state index is 12.1.